The third kappa shape index (κ3) is 3.26. The summed E-state index contributed by atoms with van der Waals surface area (Å²) in [5.74, 6) is 2.20. The quantitative estimate of drug-likeness (QED) is 0.896. The first kappa shape index (κ1) is 13.4. The average Bonchev–Trinajstić information content (AvgIpc) is 2.81. The summed E-state index contributed by atoms with van der Waals surface area (Å²) >= 11 is 0. The van der Waals surface area contributed by atoms with Gasteiger partial charge in [0.25, 0.3) is 0 Å². The Morgan fingerprint density at radius 2 is 2.16 bits per heavy atom. The molecule has 0 spiro atoms. The fraction of sp³-hybridized carbons (Fsp3) is 0.357. The van der Waals surface area contributed by atoms with Crippen molar-refractivity contribution >= 4 is 0 Å². The van der Waals surface area contributed by atoms with Crippen molar-refractivity contribution in [3.8, 4) is 11.5 Å². The molecule has 102 valence electrons. The van der Waals surface area contributed by atoms with Crippen LogP contribution in [0, 0.1) is 6.92 Å². The second kappa shape index (κ2) is 5.75. The van der Waals surface area contributed by atoms with Gasteiger partial charge in [-0.25, -0.2) is 0 Å². The SMILES string of the molecule is COc1ccc(C(C)N)c(OCc2cc(C)on2)c1. The molecule has 19 heavy (non-hydrogen) atoms. The van der Waals surface area contributed by atoms with Crippen molar-refractivity contribution in [1.29, 1.82) is 0 Å². The first-order valence-electron chi connectivity index (χ1n) is 6.08. The highest BCUT2D eigenvalue weighted by atomic mass is 16.5. The lowest BCUT2D eigenvalue weighted by Gasteiger charge is -2.14. The summed E-state index contributed by atoms with van der Waals surface area (Å²) in [4.78, 5) is 0. The molecular formula is C14H18N2O3. The van der Waals surface area contributed by atoms with E-state index in [1.54, 1.807) is 7.11 Å². The molecule has 0 aliphatic rings. The minimum absolute atomic E-state index is 0.111. The van der Waals surface area contributed by atoms with Gasteiger partial charge in [0.1, 0.15) is 29.6 Å². The highest BCUT2D eigenvalue weighted by Gasteiger charge is 2.11. The number of aryl methyl sites for hydroxylation is 1. The fourth-order valence-electron chi connectivity index (χ4n) is 1.78. The van der Waals surface area contributed by atoms with Gasteiger partial charge < -0.3 is 19.7 Å². The number of hydrogen-bond acceptors (Lipinski definition) is 5. The largest absolute Gasteiger partial charge is 0.497 e. The Balaban J connectivity index is 2.17. The number of methoxy groups -OCH3 is 1. The van der Waals surface area contributed by atoms with Gasteiger partial charge in [-0.05, 0) is 19.9 Å². The molecule has 0 saturated heterocycles. The molecule has 1 aromatic heterocycles. The molecule has 0 aliphatic carbocycles. The summed E-state index contributed by atoms with van der Waals surface area (Å²) in [7, 11) is 1.62. The summed E-state index contributed by atoms with van der Waals surface area (Å²) in [5, 5.41) is 3.89. The van der Waals surface area contributed by atoms with E-state index in [0.717, 1.165) is 22.8 Å². The molecule has 2 aromatic rings. The Morgan fingerprint density at radius 1 is 1.37 bits per heavy atom. The summed E-state index contributed by atoms with van der Waals surface area (Å²) in [6.07, 6.45) is 0. The van der Waals surface area contributed by atoms with Crippen LogP contribution < -0.4 is 15.2 Å². The van der Waals surface area contributed by atoms with Crippen LogP contribution in [0.2, 0.25) is 0 Å². The molecule has 0 aliphatic heterocycles. The molecule has 0 fully saturated rings. The molecule has 0 radical (unpaired) electrons. The van der Waals surface area contributed by atoms with E-state index in [1.807, 2.05) is 38.1 Å². The number of rotatable bonds is 5. The maximum atomic E-state index is 5.92. The van der Waals surface area contributed by atoms with Gasteiger partial charge in [-0.1, -0.05) is 11.2 Å². The Kier molecular flexibility index (Phi) is 4.06. The lowest BCUT2D eigenvalue weighted by molar-refractivity contribution is 0.282. The zero-order valence-electron chi connectivity index (χ0n) is 11.3. The standard InChI is InChI=1S/C14H18N2O3/c1-9-6-11(16-19-9)8-18-14-7-12(17-3)4-5-13(14)10(2)15/h4-7,10H,8,15H2,1-3H3. The minimum atomic E-state index is -0.111. The summed E-state index contributed by atoms with van der Waals surface area (Å²) < 4.78 is 15.9. The molecule has 0 amide bonds. The monoisotopic (exact) mass is 262 g/mol. The smallest absolute Gasteiger partial charge is 0.134 e. The topological polar surface area (TPSA) is 70.5 Å². The van der Waals surface area contributed by atoms with E-state index in [1.165, 1.54) is 0 Å². The fourth-order valence-corrected chi connectivity index (χ4v) is 1.78. The zero-order valence-corrected chi connectivity index (χ0v) is 11.3. The van der Waals surface area contributed by atoms with Crippen LogP contribution in [0.5, 0.6) is 11.5 Å². The van der Waals surface area contributed by atoms with Gasteiger partial charge in [0.05, 0.1) is 7.11 Å². The van der Waals surface area contributed by atoms with Crippen LogP contribution in [0.15, 0.2) is 28.8 Å². The van der Waals surface area contributed by atoms with Crippen molar-refractivity contribution < 1.29 is 14.0 Å². The van der Waals surface area contributed by atoms with Crippen LogP contribution in [0.1, 0.15) is 30.0 Å². The third-order valence-corrected chi connectivity index (χ3v) is 2.76. The molecule has 0 bridgehead atoms. The molecule has 2 N–H and O–H groups in total. The van der Waals surface area contributed by atoms with Crippen molar-refractivity contribution in [2.24, 2.45) is 5.73 Å². The van der Waals surface area contributed by atoms with Crippen LogP contribution in [-0.2, 0) is 6.61 Å². The molecule has 1 aromatic carbocycles. The second-order valence-corrected chi connectivity index (χ2v) is 4.41. The summed E-state index contributed by atoms with van der Waals surface area (Å²) in [6.45, 7) is 4.09. The number of hydrogen-bond donors (Lipinski definition) is 1. The molecule has 0 saturated carbocycles. The van der Waals surface area contributed by atoms with Gasteiger partial charge >= 0.3 is 0 Å². The highest BCUT2D eigenvalue weighted by Crippen LogP contribution is 2.29. The van der Waals surface area contributed by atoms with E-state index < -0.39 is 0 Å². The number of nitrogens with zero attached hydrogens (tertiary/aromatic N) is 1. The van der Waals surface area contributed by atoms with E-state index in [4.69, 9.17) is 19.7 Å². The van der Waals surface area contributed by atoms with Gasteiger partial charge in [0.2, 0.25) is 0 Å². The lowest BCUT2D eigenvalue weighted by atomic mass is 10.1. The highest BCUT2D eigenvalue weighted by molar-refractivity contribution is 5.42. The van der Waals surface area contributed by atoms with Crippen molar-refractivity contribution in [2.45, 2.75) is 26.5 Å². The lowest BCUT2D eigenvalue weighted by Crippen LogP contribution is -2.08. The van der Waals surface area contributed by atoms with Crippen molar-refractivity contribution in [2.75, 3.05) is 7.11 Å². The zero-order chi connectivity index (χ0) is 13.8. The van der Waals surface area contributed by atoms with Crippen LogP contribution in [0.25, 0.3) is 0 Å². The van der Waals surface area contributed by atoms with Gasteiger partial charge in [0, 0.05) is 23.7 Å². The number of ether oxygens (including phenoxy) is 2. The number of nitrogens with two attached hydrogens (primary N) is 1. The Morgan fingerprint density at radius 3 is 2.74 bits per heavy atom. The molecule has 2 rings (SSSR count). The van der Waals surface area contributed by atoms with Crippen LogP contribution in [0.3, 0.4) is 0 Å². The molecule has 5 nitrogen and oxygen atoms in total. The van der Waals surface area contributed by atoms with E-state index in [9.17, 15) is 0 Å². The average molecular weight is 262 g/mol. The van der Waals surface area contributed by atoms with Crippen molar-refractivity contribution in [3.63, 3.8) is 0 Å². The summed E-state index contributed by atoms with van der Waals surface area (Å²) in [5.41, 5.74) is 7.60. The van der Waals surface area contributed by atoms with Gasteiger partial charge in [-0.2, -0.15) is 0 Å². The molecule has 1 unspecified atom stereocenters. The predicted octanol–water partition coefficient (Wildman–Crippen LogP) is 2.59. The van der Waals surface area contributed by atoms with Crippen LogP contribution in [0.4, 0.5) is 0 Å². The minimum Gasteiger partial charge on any atom is -0.497 e. The predicted molar refractivity (Wildman–Crippen MR) is 71.2 cm³/mol. The number of aromatic nitrogens is 1. The summed E-state index contributed by atoms with van der Waals surface area (Å²) in [6, 6.07) is 7.33. The maximum Gasteiger partial charge on any atom is 0.134 e. The van der Waals surface area contributed by atoms with E-state index >= 15 is 0 Å². The van der Waals surface area contributed by atoms with Crippen molar-refractivity contribution in [3.05, 3.63) is 41.3 Å². The van der Waals surface area contributed by atoms with Crippen LogP contribution in [-0.4, -0.2) is 12.3 Å². The molecule has 1 heterocycles. The number of benzene rings is 1. The Bertz CT molecular complexity index is 549. The maximum absolute atomic E-state index is 5.92. The van der Waals surface area contributed by atoms with Crippen molar-refractivity contribution in [1.82, 2.24) is 5.16 Å². The third-order valence-electron chi connectivity index (χ3n) is 2.76. The van der Waals surface area contributed by atoms with E-state index in [0.29, 0.717) is 12.4 Å². The second-order valence-electron chi connectivity index (χ2n) is 4.41. The molecular weight excluding hydrogens is 244 g/mol. The normalized spacial score (nSPS) is 12.2. The van der Waals surface area contributed by atoms with E-state index in [-0.39, 0.29) is 6.04 Å². The van der Waals surface area contributed by atoms with Gasteiger partial charge in [-0.3, -0.25) is 0 Å². The van der Waals surface area contributed by atoms with E-state index in [2.05, 4.69) is 5.16 Å². The molecule has 1 atom stereocenters. The Labute approximate surface area is 112 Å². The first-order valence-corrected chi connectivity index (χ1v) is 6.08. The van der Waals surface area contributed by atoms with Crippen LogP contribution >= 0.6 is 0 Å². The molecule has 5 heteroatoms. The first-order chi connectivity index (χ1) is 9.10. The Hall–Kier alpha value is -2.01. The van der Waals surface area contributed by atoms with Gasteiger partial charge in [0.15, 0.2) is 0 Å². The van der Waals surface area contributed by atoms with Gasteiger partial charge in [-0.15, -0.1) is 0 Å².